The minimum Gasteiger partial charge on any atom is -0.203 e. The molecule has 0 atom stereocenters. The molecule has 0 aliphatic heterocycles. The molecule has 2 heterocycles. The molecule has 130 valence electrons. The van der Waals surface area contributed by atoms with E-state index in [0.717, 1.165) is 28.1 Å². The van der Waals surface area contributed by atoms with Crippen LogP contribution in [0.5, 0.6) is 0 Å². The van der Waals surface area contributed by atoms with Crippen LogP contribution in [0.2, 0.25) is 0 Å². The monoisotopic (exact) mass is 359 g/mol. The lowest BCUT2D eigenvalue weighted by atomic mass is 10.0. The molecule has 0 N–H and O–H groups in total. The van der Waals surface area contributed by atoms with Crippen molar-refractivity contribution in [3.05, 3.63) is 103 Å². The van der Waals surface area contributed by atoms with E-state index >= 15 is 0 Å². The summed E-state index contributed by atoms with van der Waals surface area (Å²) in [4.78, 5) is 4.47. The molecule has 4 aromatic rings. The van der Waals surface area contributed by atoms with Gasteiger partial charge in [0.05, 0.1) is 35.7 Å². The third kappa shape index (κ3) is 3.49. The van der Waals surface area contributed by atoms with Crippen molar-refractivity contribution in [1.29, 1.82) is 10.5 Å². The van der Waals surface area contributed by atoms with Gasteiger partial charge in [0.15, 0.2) is 0 Å². The largest absolute Gasteiger partial charge is 0.328 e. The zero-order chi connectivity index (χ0) is 19.3. The number of hydrogen-bond donors (Lipinski definition) is 0. The minimum absolute atomic E-state index is 0.644. The molecule has 0 saturated heterocycles. The van der Waals surface area contributed by atoms with Gasteiger partial charge < -0.3 is 0 Å². The van der Waals surface area contributed by atoms with Gasteiger partial charge in [-0.15, -0.1) is 0 Å². The van der Waals surface area contributed by atoms with Crippen LogP contribution in [0.3, 0.4) is 0 Å². The summed E-state index contributed by atoms with van der Waals surface area (Å²) in [7, 11) is 0. The summed E-state index contributed by atoms with van der Waals surface area (Å²) in [5.74, 6) is 0.813. The number of benzene rings is 2. The molecule has 0 aliphatic carbocycles. The third-order valence-corrected chi connectivity index (χ3v) is 4.53. The van der Waals surface area contributed by atoms with Crippen molar-refractivity contribution < 1.29 is 4.57 Å². The van der Waals surface area contributed by atoms with E-state index < -0.39 is 0 Å². The summed E-state index contributed by atoms with van der Waals surface area (Å²) in [6.07, 6.45) is 5.72. The number of nitriles is 2. The molecular formula is C24H15N4+. The van der Waals surface area contributed by atoms with Gasteiger partial charge in [0, 0.05) is 6.07 Å². The number of hydrogen-bond acceptors (Lipinski definition) is 3. The van der Waals surface area contributed by atoms with Crippen LogP contribution < -0.4 is 4.57 Å². The molecule has 0 saturated carbocycles. The highest BCUT2D eigenvalue weighted by Crippen LogP contribution is 2.21. The molecule has 0 spiro atoms. The molecule has 4 rings (SSSR count). The summed E-state index contributed by atoms with van der Waals surface area (Å²) in [6.45, 7) is 0. The second-order valence-electron chi connectivity index (χ2n) is 6.28. The predicted octanol–water partition coefficient (Wildman–Crippen LogP) is 4.44. The number of pyridine rings is 2. The van der Waals surface area contributed by atoms with E-state index in [2.05, 4.69) is 17.1 Å². The maximum absolute atomic E-state index is 8.95. The Kier molecular flexibility index (Phi) is 4.61. The Bertz CT molecular complexity index is 1190. The van der Waals surface area contributed by atoms with E-state index in [9.17, 15) is 0 Å². The molecule has 4 nitrogen and oxygen atoms in total. The average Bonchev–Trinajstić information content (AvgIpc) is 2.79. The molecule has 0 unspecified atom stereocenters. The Hall–Kier alpha value is -4.28. The van der Waals surface area contributed by atoms with Gasteiger partial charge in [-0.2, -0.15) is 10.5 Å². The van der Waals surface area contributed by atoms with Crippen LogP contribution in [0.25, 0.3) is 28.1 Å². The highest BCUT2D eigenvalue weighted by atomic mass is 15.0. The van der Waals surface area contributed by atoms with Crippen LogP contribution in [0.1, 0.15) is 11.1 Å². The first kappa shape index (κ1) is 17.1. The normalized spacial score (nSPS) is 10.1. The molecule has 4 heteroatoms. The first-order valence-electron chi connectivity index (χ1n) is 8.76. The molecule has 28 heavy (non-hydrogen) atoms. The lowest BCUT2D eigenvalue weighted by molar-refractivity contribution is -0.599. The first-order valence-corrected chi connectivity index (χ1v) is 8.76. The van der Waals surface area contributed by atoms with E-state index in [1.165, 1.54) is 0 Å². The van der Waals surface area contributed by atoms with Gasteiger partial charge in [0.25, 0.3) is 0 Å². The van der Waals surface area contributed by atoms with E-state index in [4.69, 9.17) is 10.5 Å². The Morgan fingerprint density at radius 3 is 1.64 bits per heavy atom. The Labute approximate surface area is 163 Å². The fourth-order valence-electron chi connectivity index (χ4n) is 2.99. The van der Waals surface area contributed by atoms with Gasteiger partial charge in [-0.3, -0.25) is 0 Å². The molecule has 0 bridgehead atoms. The molecule has 0 radical (unpaired) electrons. The van der Waals surface area contributed by atoms with Crippen molar-refractivity contribution in [3.8, 4) is 40.2 Å². The summed E-state index contributed by atoms with van der Waals surface area (Å²) < 4.78 is 1.96. The Morgan fingerprint density at radius 2 is 1.11 bits per heavy atom. The summed E-state index contributed by atoms with van der Waals surface area (Å²) in [5, 5.41) is 17.9. The van der Waals surface area contributed by atoms with Crippen molar-refractivity contribution in [3.63, 3.8) is 0 Å². The van der Waals surface area contributed by atoms with Crippen LogP contribution in [0, 0.1) is 22.7 Å². The van der Waals surface area contributed by atoms with Crippen LogP contribution in [-0.2, 0) is 0 Å². The highest BCUT2D eigenvalue weighted by Gasteiger charge is 2.10. The second kappa shape index (κ2) is 7.53. The fourth-order valence-corrected chi connectivity index (χ4v) is 2.99. The Balaban J connectivity index is 1.62. The van der Waals surface area contributed by atoms with Crippen molar-refractivity contribution >= 4 is 0 Å². The van der Waals surface area contributed by atoms with Crippen molar-refractivity contribution in [1.82, 2.24) is 4.98 Å². The van der Waals surface area contributed by atoms with Gasteiger partial charge in [-0.1, -0.05) is 24.3 Å². The standard InChI is InChI=1S/C24H15N4/c25-16-18-1-5-20(6-2-18)22-10-13-28(14-11-22)24-15-23(9-12-27-24)21-7-3-19(17-26)4-8-21/h1-15H/q+1. The summed E-state index contributed by atoms with van der Waals surface area (Å²) in [5.41, 5.74) is 5.51. The lowest BCUT2D eigenvalue weighted by Gasteiger charge is -2.04. The maximum atomic E-state index is 8.95. The summed E-state index contributed by atoms with van der Waals surface area (Å²) in [6, 6.07) is 27.3. The van der Waals surface area contributed by atoms with Gasteiger partial charge in [-0.25, -0.2) is 4.57 Å². The van der Waals surface area contributed by atoms with E-state index in [-0.39, 0.29) is 0 Å². The molecule has 0 amide bonds. The minimum atomic E-state index is 0.644. The quantitative estimate of drug-likeness (QED) is 0.508. The lowest BCUT2D eigenvalue weighted by Crippen LogP contribution is -2.30. The fraction of sp³-hybridized carbons (Fsp3) is 0. The van der Waals surface area contributed by atoms with Crippen LogP contribution in [0.4, 0.5) is 0 Å². The smallest absolute Gasteiger partial charge is 0.203 e. The first-order chi connectivity index (χ1) is 13.8. The molecular weight excluding hydrogens is 344 g/mol. The van der Waals surface area contributed by atoms with Crippen LogP contribution in [-0.4, -0.2) is 4.98 Å². The van der Waals surface area contributed by atoms with Crippen molar-refractivity contribution in [2.75, 3.05) is 0 Å². The topological polar surface area (TPSA) is 64.3 Å². The number of nitrogens with zero attached hydrogens (tertiary/aromatic N) is 4. The van der Waals surface area contributed by atoms with E-state index in [1.807, 2.05) is 89.8 Å². The molecule has 0 aliphatic rings. The van der Waals surface area contributed by atoms with E-state index in [1.54, 1.807) is 6.20 Å². The van der Waals surface area contributed by atoms with Gasteiger partial charge >= 0.3 is 5.82 Å². The van der Waals surface area contributed by atoms with Gasteiger partial charge in [-0.05, 0) is 69.7 Å². The zero-order valence-electron chi connectivity index (χ0n) is 14.9. The predicted molar refractivity (Wildman–Crippen MR) is 106 cm³/mol. The number of rotatable bonds is 3. The van der Waals surface area contributed by atoms with Gasteiger partial charge in [0.1, 0.15) is 6.20 Å². The molecule has 2 aromatic heterocycles. The zero-order valence-corrected chi connectivity index (χ0v) is 14.9. The summed E-state index contributed by atoms with van der Waals surface area (Å²) >= 11 is 0. The van der Waals surface area contributed by atoms with Crippen molar-refractivity contribution in [2.24, 2.45) is 0 Å². The molecule has 0 fully saturated rings. The third-order valence-electron chi connectivity index (χ3n) is 4.53. The Morgan fingerprint density at radius 1 is 0.607 bits per heavy atom. The highest BCUT2D eigenvalue weighted by molar-refractivity contribution is 5.65. The maximum Gasteiger partial charge on any atom is 0.328 e. The SMILES string of the molecule is N#Cc1ccc(-c2cc[n+](-c3cc(-c4ccc(C#N)cc4)ccn3)cc2)cc1. The van der Waals surface area contributed by atoms with Crippen molar-refractivity contribution in [2.45, 2.75) is 0 Å². The molecule has 2 aromatic carbocycles. The second-order valence-corrected chi connectivity index (χ2v) is 6.28. The van der Waals surface area contributed by atoms with Crippen LogP contribution >= 0.6 is 0 Å². The average molecular weight is 359 g/mol. The van der Waals surface area contributed by atoms with Crippen LogP contribution in [0.15, 0.2) is 91.4 Å². The van der Waals surface area contributed by atoms with Gasteiger partial charge in [0.2, 0.25) is 0 Å². The number of aromatic nitrogens is 2. The van der Waals surface area contributed by atoms with E-state index in [0.29, 0.717) is 11.1 Å².